The molecule has 0 bridgehead atoms. The fourth-order valence-electron chi connectivity index (χ4n) is 2.12. The molecular formula is C18H23N3O2S. The molecule has 128 valence electrons. The molecule has 0 aliphatic carbocycles. The van der Waals surface area contributed by atoms with E-state index in [4.69, 9.17) is 0 Å². The summed E-state index contributed by atoms with van der Waals surface area (Å²) in [5.74, 6) is -0.322. The number of rotatable bonds is 8. The maximum Gasteiger partial charge on any atom is 0.239 e. The number of aromatic nitrogens is 1. The van der Waals surface area contributed by atoms with Crippen LogP contribution in [0.3, 0.4) is 0 Å². The Labute approximate surface area is 146 Å². The molecule has 2 rings (SSSR count). The lowest BCUT2D eigenvalue weighted by atomic mass is 10.1. The third-order valence-electron chi connectivity index (χ3n) is 3.58. The number of amides is 2. The van der Waals surface area contributed by atoms with Gasteiger partial charge in [-0.25, -0.2) is 4.98 Å². The van der Waals surface area contributed by atoms with Gasteiger partial charge < -0.3 is 10.6 Å². The summed E-state index contributed by atoms with van der Waals surface area (Å²) in [4.78, 5) is 27.9. The van der Waals surface area contributed by atoms with Gasteiger partial charge in [-0.3, -0.25) is 9.59 Å². The SMILES string of the molecule is CCc1nc(CNC(=O)CNC(=O)CCc2ccc(C)cc2)cs1. The molecule has 6 heteroatoms. The average Bonchev–Trinajstić information content (AvgIpc) is 3.05. The molecule has 0 fully saturated rings. The largest absolute Gasteiger partial charge is 0.349 e. The number of carbonyl (C=O) groups is 2. The monoisotopic (exact) mass is 345 g/mol. The van der Waals surface area contributed by atoms with Crippen molar-refractivity contribution in [1.29, 1.82) is 0 Å². The fraction of sp³-hybridized carbons (Fsp3) is 0.389. The van der Waals surface area contributed by atoms with Crippen molar-refractivity contribution in [2.24, 2.45) is 0 Å². The van der Waals surface area contributed by atoms with E-state index in [1.54, 1.807) is 11.3 Å². The second kappa shape index (κ2) is 9.17. The van der Waals surface area contributed by atoms with Crippen LogP contribution in [0.2, 0.25) is 0 Å². The average molecular weight is 345 g/mol. The van der Waals surface area contributed by atoms with Crippen molar-refractivity contribution in [1.82, 2.24) is 15.6 Å². The lowest BCUT2D eigenvalue weighted by Gasteiger charge is -2.06. The van der Waals surface area contributed by atoms with Gasteiger partial charge in [0.2, 0.25) is 11.8 Å². The predicted molar refractivity (Wildman–Crippen MR) is 95.8 cm³/mol. The summed E-state index contributed by atoms with van der Waals surface area (Å²) < 4.78 is 0. The highest BCUT2D eigenvalue weighted by Gasteiger charge is 2.07. The molecule has 2 amide bonds. The summed E-state index contributed by atoms with van der Waals surface area (Å²) in [6, 6.07) is 8.10. The first-order valence-corrected chi connectivity index (χ1v) is 8.97. The van der Waals surface area contributed by atoms with Crippen LogP contribution in [-0.4, -0.2) is 23.3 Å². The number of benzene rings is 1. The van der Waals surface area contributed by atoms with Crippen molar-refractivity contribution in [3.05, 3.63) is 51.5 Å². The summed E-state index contributed by atoms with van der Waals surface area (Å²) in [7, 11) is 0. The van der Waals surface area contributed by atoms with E-state index < -0.39 is 0 Å². The van der Waals surface area contributed by atoms with E-state index in [1.165, 1.54) is 5.56 Å². The molecule has 24 heavy (non-hydrogen) atoms. The number of hydrogen-bond acceptors (Lipinski definition) is 4. The van der Waals surface area contributed by atoms with E-state index >= 15 is 0 Å². The molecule has 1 aromatic heterocycles. The van der Waals surface area contributed by atoms with Gasteiger partial charge in [0.05, 0.1) is 23.8 Å². The first-order chi connectivity index (χ1) is 11.6. The number of nitrogens with one attached hydrogen (secondary N) is 2. The molecule has 0 atom stereocenters. The van der Waals surface area contributed by atoms with E-state index in [1.807, 2.05) is 43.5 Å². The molecule has 0 radical (unpaired) electrons. The minimum Gasteiger partial charge on any atom is -0.349 e. The minimum atomic E-state index is -0.204. The van der Waals surface area contributed by atoms with Crippen molar-refractivity contribution in [3.8, 4) is 0 Å². The summed E-state index contributed by atoms with van der Waals surface area (Å²) in [6.07, 6.45) is 1.95. The first kappa shape index (κ1) is 18.1. The summed E-state index contributed by atoms with van der Waals surface area (Å²) >= 11 is 1.59. The van der Waals surface area contributed by atoms with E-state index in [0.29, 0.717) is 19.4 Å². The molecule has 0 unspecified atom stereocenters. The van der Waals surface area contributed by atoms with Crippen molar-refractivity contribution >= 4 is 23.2 Å². The Morgan fingerprint density at radius 3 is 2.54 bits per heavy atom. The Morgan fingerprint density at radius 2 is 1.88 bits per heavy atom. The van der Waals surface area contributed by atoms with Crippen LogP contribution in [0.15, 0.2) is 29.6 Å². The summed E-state index contributed by atoms with van der Waals surface area (Å²) in [5.41, 5.74) is 3.18. The smallest absolute Gasteiger partial charge is 0.239 e. The van der Waals surface area contributed by atoms with E-state index in [9.17, 15) is 9.59 Å². The van der Waals surface area contributed by atoms with Gasteiger partial charge in [0, 0.05) is 11.8 Å². The molecule has 1 aromatic carbocycles. The molecule has 1 heterocycles. The van der Waals surface area contributed by atoms with Crippen LogP contribution < -0.4 is 10.6 Å². The van der Waals surface area contributed by atoms with Crippen LogP contribution in [0.4, 0.5) is 0 Å². The lowest BCUT2D eigenvalue weighted by molar-refractivity contribution is -0.126. The third kappa shape index (κ3) is 6.12. The molecule has 0 aliphatic heterocycles. The van der Waals surface area contributed by atoms with Gasteiger partial charge in [-0.1, -0.05) is 36.8 Å². The molecule has 0 saturated heterocycles. The van der Waals surface area contributed by atoms with Crippen molar-refractivity contribution in [3.63, 3.8) is 0 Å². The third-order valence-corrected chi connectivity index (χ3v) is 4.62. The zero-order valence-electron chi connectivity index (χ0n) is 14.1. The van der Waals surface area contributed by atoms with Crippen LogP contribution in [0.25, 0.3) is 0 Å². The van der Waals surface area contributed by atoms with Crippen LogP contribution in [0, 0.1) is 6.92 Å². The Hall–Kier alpha value is -2.21. The second-order valence-electron chi connectivity index (χ2n) is 5.63. The van der Waals surface area contributed by atoms with Crippen molar-refractivity contribution in [2.45, 2.75) is 39.7 Å². The quantitative estimate of drug-likeness (QED) is 0.772. The maximum absolute atomic E-state index is 11.8. The second-order valence-corrected chi connectivity index (χ2v) is 6.57. The molecule has 0 spiro atoms. The zero-order chi connectivity index (χ0) is 17.4. The predicted octanol–water partition coefficient (Wildman–Crippen LogP) is 2.38. The number of thiazole rings is 1. The number of nitrogens with zero attached hydrogens (tertiary/aromatic N) is 1. The number of carbonyl (C=O) groups excluding carboxylic acids is 2. The molecule has 0 aliphatic rings. The fourth-order valence-corrected chi connectivity index (χ4v) is 2.87. The van der Waals surface area contributed by atoms with Gasteiger partial charge in [-0.15, -0.1) is 11.3 Å². The molecule has 2 N–H and O–H groups in total. The Bertz CT molecular complexity index is 680. The van der Waals surface area contributed by atoms with Crippen molar-refractivity contribution in [2.75, 3.05) is 6.54 Å². The first-order valence-electron chi connectivity index (χ1n) is 8.09. The van der Waals surface area contributed by atoms with Gasteiger partial charge in [0.15, 0.2) is 0 Å². The van der Waals surface area contributed by atoms with Crippen LogP contribution >= 0.6 is 11.3 Å². The highest BCUT2D eigenvalue weighted by Crippen LogP contribution is 2.09. The Kier molecular flexibility index (Phi) is 6.93. The normalized spacial score (nSPS) is 10.4. The van der Waals surface area contributed by atoms with E-state index in [2.05, 4.69) is 15.6 Å². The zero-order valence-corrected chi connectivity index (χ0v) is 14.9. The molecule has 0 saturated carbocycles. The van der Waals surface area contributed by atoms with Gasteiger partial charge in [0.25, 0.3) is 0 Å². The van der Waals surface area contributed by atoms with Gasteiger partial charge in [-0.2, -0.15) is 0 Å². The van der Waals surface area contributed by atoms with Crippen LogP contribution in [-0.2, 0) is 29.0 Å². The Morgan fingerprint density at radius 1 is 1.12 bits per heavy atom. The van der Waals surface area contributed by atoms with Gasteiger partial charge in [-0.05, 0) is 25.3 Å². The highest BCUT2D eigenvalue weighted by molar-refractivity contribution is 7.09. The molecule has 2 aromatic rings. The standard InChI is InChI=1S/C18H23N3O2S/c1-3-18-21-15(12-24-18)10-19-17(23)11-20-16(22)9-8-14-6-4-13(2)5-7-14/h4-7,12H,3,8-11H2,1-2H3,(H,19,23)(H,20,22). The maximum atomic E-state index is 11.8. The summed E-state index contributed by atoms with van der Waals surface area (Å²) in [6.45, 7) is 4.48. The molecular weight excluding hydrogens is 322 g/mol. The van der Waals surface area contributed by atoms with Gasteiger partial charge >= 0.3 is 0 Å². The molecule has 5 nitrogen and oxygen atoms in total. The van der Waals surface area contributed by atoms with Crippen LogP contribution in [0.5, 0.6) is 0 Å². The van der Waals surface area contributed by atoms with Crippen molar-refractivity contribution < 1.29 is 9.59 Å². The van der Waals surface area contributed by atoms with E-state index in [0.717, 1.165) is 22.7 Å². The Balaban J connectivity index is 1.63. The minimum absolute atomic E-state index is 0.00248. The lowest BCUT2D eigenvalue weighted by Crippen LogP contribution is -2.36. The highest BCUT2D eigenvalue weighted by atomic mass is 32.1. The number of aryl methyl sites for hydroxylation is 3. The number of hydrogen-bond donors (Lipinski definition) is 2. The van der Waals surface area contributed by atoms with E-state index in [-0.39, 0.29) is 18.4 Å². The van der Waals surface area contributed by atoms with Crippen LogP contribution in [0.1, 0.15) is 35.2 Å². The topological polar surface area (TPSA) is 71.1 Å². The summed E-state index contributed by atoms with van der Waals surface area (Å²) in [5, 5.41) is 8.41. The van der Waals surface area contributed by atoms with Gasteiger partial charge in [0.1, 0.15) is 0 Å².